The lowest BCUT2D eigenvalue weighted by Crippen LogP contribution is -2.25. The van der Waals surface area contributed by atoms with Gasteiger partial charge in [-0.3, -0.25) is 4.79 Å². The van der Waals surface area contributed by atoms with Gasteiger partial charge in [0.15, 0.2) is 11.8 Å². The van der Waals surface area contributed by atoms with Gasteiger partial charge < -0.3 is 14.1 Å². The first-order chi connectivity index (χ1) is 13.0. The highest BCUT2D eigenvalue weighted by atomic mass is 16.5. The van der Waals surface area contributed by atoms with Gasteiger partial charge >= 0.3 is 5.97 Å². The smallest absolute Gasteiger partial charge is 0.359 e. The Bertz CT molecular complexity index is 1190. The molecular weight excluding hydrogens is 342 g/mol. The van der Waals surface area contributed by atoms with Gasteiger partial charge in [-0.15, -0.1) is 0 Å². The van der Waals surface area contributed by atoms with E-state index in [0.717, 1.165) is 22.3 Å². The lowest BCUT2D eigenvalue weighted by atomic mass is 10.0. The van der Waals surface area contributed by atoms with Crippen LogP contribution in [-0.2, 0) is 4.74 Å². The van der Waals surface area contributed by atoms with Gasteiger partial charge in [-0.2, -0.15) is 0 Å². The zero-order valence-electron chi connectivity index (χ0n) is 15.3. The number of rotatable bonds is 4. The summed E-state index contributed by atoms with van der Waals surface area (Å²) in [6, 6.07) is 13.2. The summed E-state index contributed by atoms with van der Waals surface area (Å²) in [4.78, 5) is 32.9. The van der Waals surface area contributed by atoms with Gasteiger partial charge in [0.1, 0.15) is 5.65 Å². The molecule has 4 aromatic rings. The molecule has 136 valence electrons. The highest BCUT2D eigenvalue weighted by molar-refractivity contribution is 6.11. The second-order valence-corrected chi connectivity index (χ2v) is 6.60. The lowest BCUT2D eigenvalue weighted by Gasteiger charge is -2.11. The molecule has 0 saturated heterocycles. The van der Waals surface area contributed by atoms with Crippen molar-refractivity contribution in [3.63, 3.8) is 0 Å². The summed E-state index contributed by atoms with van der Waals surface area (Å²) in [5, 5.41) is 0.825. The number of esters is 1. The van der Waals surface area contributed by atoms with E-state index in [2.05, 4.69) is 9.97 Å². The predicted octanol–water partition coefficient (Wildman–Crippen LogP) is 3.86. The Balaban J connectivity index is 1.59. The van der Waals surface area contributed by atoms with Crippen LogP contribution < -0.4 is 0 Å². The molecule has 1 aromatic carbocycles. The van der Waals surface area contributed by atoms with Crippen LogP contribution in [0.2, 0.25) is 0 Å². The van der Waals surface area contributed by atoms with Crippen molar-refractivity contribution < 1.29 is 14.3 Å². The SMILES string of the molecule is Cc1[nH]c2ccccc2c1C(=O)[C@H](C)OC(=O)c1cn2c(C)cccc2n1. The van der Waals surface area contributed by atoms with Crippen molar-refractivity contribution >= 4 is 28.3 Å². The second kappa shape index (κ2) is 6.39. The van der Waals surface area contributed by atoms with E-state index in [1.54, 1.807) is 13.1 Å². The molecule has 0 aliphatic heterocycles. The van der Waals surface area contributed by atoms with Crippen LogP contribution in [0, 0.1) is 13.8 Å². The van der Waals surface area contributed by atoms with Gasteiger partial charge in [0.05, 0.1) is 0 Å². The molecule has 27 heavy (non-hydrogen) atoms. The summed E-state index contributed by atoms with van der Waals surface area (Å²) in [7, 11) is 0. The molecule has 0 radical (unpaired) electrons. The number of carbonyl (C=O) groups is 2. The molecule has 0 unspecified atom stereocenters. The van der Waals surface area contributed by atoms with E-state index in [-0.39, 0.29) is 11.5 Å². The van der Waals surface area contributed by atoms with E-state index in [4.69, 9.17) is 4.74 Å². The zero-order chi connectivity index (χ0) is 19.1. The van der Waals surface area contributed by atoms with E-state index in [1.807, 2.05) is 60.7 Å². The summed E-state index contributed by atoms with van der Waals surface area (Å²) in [6.07, 6.45) is 0.711. The number of nitrogens with zero attached hydrogens (tertiary/aromatic N) is 2. The average molecular weight is 361 g/mol. The molecule has 0 bridgehead atoms. The van der Waals surface area contributed by atoms with Gasteiger partial charge in [0.25, 0.3) is 0 Å². The van der Waals surface area contributed by atoms with E-state index in [0.29, 0.717) is 11.2 Å². The number of fused-ring (bicyclic) bond motifs is 2. The molecule has 1 N–H and O–H groups in total. The van der Waals surface area contributed by atoms with E-state index in [1.165, 1.54) is 0 Å². The molecule has 0 saturated carbocycles. The van der Waals surface area contributed by atoms with Crippen LogP contribution in [0.1, 0.15) is 39.2 Å². The first-order valence-corrected chi connectivity index (χ1v) is 8.73. The van der Waals surface area contributed by atoms with Crippen molar-refractivity contribution in [3.05, 3.63) is 71.3 Å². The fourth-order valence-electron chi connectivity index (χ4n) is 3.32. The Labute approximate surface area is 155 Å². The third kappa shape index (κ3) is 2.89. The Hall–Kier alpha value is -3.41. The fraction of sp³-hybridized carbons (Fsp3) is 0.190. The summed E-state index contributed by atoms with van der Waals surface area (Å²) in [5.41, 5.74) is 3.99. The number of hydrogen-bond donors (Lipinski definition) is 1. The maximum Gasteiger partial charge on any atom is 0.359 e. The number of ketones is 1. The molecule has 4 rings (SSSR count). The van der Waals surface area contributed by atoms with Gasteiger partial charge in [-0.05, 0) is 39.0 Å². The normalized spacial score (nSPS) is 12.4. The first kappa shape index (κ1) is 17.0. The van der Waals surface area contributed by atoms with Crippen molar-refractivity contribution in [2.75, 3.05) is 0 Å². The molecule has 0 aliphatic rings. The van der Waals surface area contributed by atoms with Crippen LogP contribution in [0.25, 0.3) is 16.6 Å². The monoisotopic (exact) mass is 361 g/mol. The molecule has 0 aliphatic carbocycles. The number of ether oxygens (including phenoxy) is 1. The molecule has 0 amide bonds. The molecule has 6 nitrogen and oxygen atoms in total. The highest BCUT2D eigenvalue weighted by Gasteiger charge is 2.25. The minimum Gasteiger partial charge on any atom is -0.449 e. The largest absolute Gasteiger partial charge is 0.449 e. The van der Waals surface area contributed by atoms with Crippen LogP contribution in [0.3, 0.4) is 0 Å². The topological polar surface area (TPSA) is 76.5 Å². The van der Waals surface area contributed by atoms with Gasteiger partial charge in [-0.1, -0.05) is 24.3 Å². The molecular formula is C21H19N3O3. The number of para-hydroxylation sites is 1. The van der Waals surface area contributed by atoms with E-state index < -0.39 is 12.1 Å². The lowest BCUT2D eigenvalue weighted by molar-refractivity contribution is 0.0314. The number of pyridine rings is 1. The molecule has 0 fully saturated rings. The quantitative estimate of drug-likeness (QED) is 0.442. The average Bonchev–Trinajstić information content (AvgIpc) is 3.22. The Kier molecular flexibility index (Phi) is 4.03. The van der Waals surface area contributed by atoms with E-state index in [9.17, 15) is 9.59 Å². The van der Waals surface area contributed by atoms with Crippen LogP contribution in [0.5, 0.6) is 0 Å². The predicted molar refractivity (Wildman–Crippen MR) is 102 cm³/mol. The first-order valence-electron chi connectivity index (χ1n) is 8.73. The summed E-state index contributed by atoms with van der Waals surface area (Å²) >= 11 is 0. The number of nitrogens with one attached hydrogen (secondary N) is 1. The van der Waals surface area contributed by atoms with Crippen molar-refractivity contribution in [1.29, 1.82) is 0 Å². The number of carbonyl (C=O) groups excluding carboxylic acids is 2. The van der Waals surface area contributed by atoms with Crippen LogP contribution in [0.4, 0.5) is 0 Å². The van der Waals surface area contributed by atoms with Gasteiger partial charge in [0, 0.05) is 34.1 Å². The van der Waals surface area contributed by atoms with Crippen molar-refractivity contribution in [2.45, 2.75) is 26.9 Å². The van der Waals surface area contributed by atoms with E-state index >= 15 is 0 Å². The van der Waals surface area contributed by atoms with Crippen molar-refractivity contribution in [1.82, 2.24) is 14.4 Å². The third-order valence-electron chi connectivity index (χ3n) is 4.70. The standard InChI is InChI=1S/C21H19N3O3/c1-12-7-6-10-18-23-17(11-24(12)18)21(26)27-14(3)20(25)19-13(2)22-16-9-5-4-8-15(16)19/h4-11,14,22H,1-3H3/t14-/m0/s1. The number of Topliss-reactive ketones (excluding diaryl/α,β-unsaturated/α-hetero) is 1. The summed E-state index contributed by atoms with van der Waals surface area (Å²) in [6.45, 7) is 5.35. The Morgan fingerprint density at radius 3 is 2.67 bits per heavy atom. The Morgan fingerprint density at radius 2 is 1.89 bits per heavy atom. The number of aromatic amines is 1. The number of aryl methyl sites for hydroxylation is 2. The van der Waals surface area contributed by atoms with Crippen LogP contribution in [-0.4, -0.2) is 32.2 Å². The number of imidazole rings is 1. The number of hydrogen-bond acceptors (Lipinski definition) is 4. The number of benzene rings is 1. The fourth-order valence-corrected chi connectivity index (χ4v) is 3.32. The summed E-state index contributed by atoms with van der Waals surface area (Å²) in [5.74, 6) is -0.852. The number of aromatic nitrogens is 3. The molecule has 1 atom stereocenters. The highest BCUT2D eigenvalue weighted by Crippen LogP contribution is 2.24. The molecule has 6 heteroatoms. The maximum atomic E-state index is 12.9. The van der Waals surface area contributed by atoms with Crippen LogP contribution in [0.15, 0.2) is 48.7 Å². The Morgan fingerprint density at radius 1 is 1.11 bits per heavy atom. The summed E-state index contributed by atoms with van der Waals surface area (Å²) < 4.78 is 7.23. The van der Waals surface area contributed by atoms with Gasteiger partial charge in [-0.25, -0.2) is 9.78 Å². The third-order valence-corrected chi connectivity index (χ3v) is 4.70. The minimum absolute atomic E-state index is 0.180. The second-order valence-electron chi connectivity index (χ2n) is 6.60. The van der Waals surface area contributed by atoms with Gasteiger partial charge in [0.2, 0.25) is 5.78 Å². The molecule has 0 spiro atoms. The minimum atomic E-state index is -0.915. The number of H-pyrrole nitrogens is 1. The maximum absolute atomic E-state index is 12.9. The van der Waals surface area contributed by atoms with Crippen LogP contribution >= 0.6 is 0 Å². The van der Waals surface area contributed by atoms with Crippen molar-refractivity contribution in [2.24, 2.45) is 0 Å². The molecule has 3 heterocycles. The van der Waals surface area contributed by atoms with Crippen molar-refractivity contribution in [3.8, 4) is 0 Å². The molecule has 3 aromatic heterocycles. The zero-order valence-corrected chi connectivity index (χ0v) is 15.3.